The largest absolute Gasteiger partial charge is 0.371 e. The van der Waals surface area contributed by atoms with E-state index in [-0.39, 0.29) is 5.82 Å². The molecule has 0 radical (unpaired) electrons. The SMILES string of the molecule is CCCNCc1cc(F)cc(N2CC(C)CC(C)C2)c1. The van der Waals surface area contributed by atoms with E-state index in [2.05, 4.69) is 37.1 Å². The standard InChI is InChI=1S/C17H27FN2/c1-4-5-19-10-15-7-16(18)9-17(8-15)20-11-13(2)6-14(3)12-20/h7-9,13-14,19H,4-6,10-12H2,1-3H3. The van der Waals surface area contributed by atoms with Crippen molar-refractivity contribution >= 4 is 5.69 Å². The van der Waals surface area contributed by atoms with Crippen molar-refractivity contribution in [2.45, 2.75) is 40.2 Å². The number of benzene rings is 1. The van der Waals surface area contributed by atoms with Gasteiger partial charge in [-0.2, -0.15) is 0 Å². The topological polar surface area (TPSA) is 15.3 Å². The first-order valence-corrected chi connectivity index (χ1v) is 7.83. The molecule has 2 rings (SSSR count). The average Bonchev–Trinajstić information content (AvgIpc) is 2.37. The van der Waals surface area contributed by atoms with E-state index < -0.39 is 0 Å². The van der Waals surface area contributed by atoms with Gasteiger partial charge in [0.25, 0.3) is 0 Å². The Morgan fingerprint density at radius 3 is 2.55 bits per heavy atom. The van der Waals surface area contributed by atoms with Gasteiger partial charge in [0, 0.05) is 25.3 Å². The molecule has 0 aromatic heterocycles. The minimum Gasteiger partial charge on any atom is -0.371 e. The maximum Gasteiger partial charge on any atom is 0.125 e. The number of hydrogen-bond donors (Lipinski definition) is 1. The molecule has 1 aliphatic rings. The van der Waals surface area contributed by atoms with Crippen LogP contribution in [0.3, 0.4) is 0 Å². The van der Waals surface area contributed by atoms with Crippen LogP contribution in [0.2, 0.25) is 0 Å². The molecule has 0 spiro atoms. The predicted molar refractivity (Wildman–Crippen MR) is 83.6 cm³/mol. The number of hydrogen-bond acceptors (Lipinski definition) is 2. The van der Waals surface area contributed by atoms with Crippen molar-refractivity contribution in [1.82, 2.24) is 5.32 Å². The summed E-state index contributed by atoms with van der Waals surface area (Å²) < 4.78 is 13.8. The summed E-state index contributed by atoms with van der Waals surface area (Å²) in [7, 11) is 0. The molecule has 0 saturated carbocycles. The minimum atomic E-state index is -0.123. The van der Waals surface area contributed by atoms with E-state index >= 15 is 0 Å². The van der Waals surface area contributed by atoms with Crippen molar-refractivity contribution in [3.05, 3.63) is 29.6 Å². The number of rotatable bonds is 5. The van der Waals surface area contributed by atoms with Crippen LogP contribution in [0.5, 0.6) is 0 Å². The Kier molecular flexibility index (Phi) is 5.41. The number of anilines is 1. The van der Waals surface area contributed by atoms with Crippen LogP contribution in [0.25, 0.3) is 0 Å². The zero-order chi connectivity index (χ0) is 14.5. The van der Waals surface area contributed by atoms with Gasteiger partial charge in [0.1, 0.15) is 5.82 Å². The smallest absolute Gasteiger partial charge is 0.125 e. The van der Waals surface area contributed by atoms with Crippen molar-refractivity contribution in [2.75, 3.05) is 24.5 Å². The Balaban J connectivity index is 2.10. The molecule has 1 aliphatic heterocycles. The monoisotopic (exact) mass is 278 g/mol. The van der Waals surface area contributed by atoms with E-state index in [4.69, 9.17) is 0 Å². The summed E-state index contributed by atoms with van der Waals surface area (Å²) in [6, 6.07) is 5.45. The third kappa shape index (κ3) is 4.20. The van der Waals surface area contributed by atoms with Gasteiger partial charge >= 0.3 is 0 Å². The molecule has 1 aromatic carbocycles. The van der Waals surface area contributed by atoms with Gasteiger partial charge < -0.3 is 10.2 Å². The lowest BCUT2D eigenvalue weighted by atomic mass is 9.91. The molecule has 0 amide bonds. The third-order valence-electron chi connectivity index (χ3n) is 3.93. The second-order valence-electron chi connectivity index (χ2n) is 6.35. The van der Waals surface area contributed by atoms with Gasteiger partial charge in [-0.3, -0.25) is 0 Å². The lowest BCUT2D eigenvalue weighted by Gasteiger charge is -2.36. The highest BCUT2D eigenvalue weighted by molar-refractivity contribution is 5.49. The van der Waals surface area contributed by atoms with Gasteiger partial charge in [0.05, 0.1) is 0 Å². The van der Waals surface area contributed by atoms with Gasteiger partial charge in [-0.1, -0.05) is 20.8 Å². The normalized spacial score (nSPS) is 23.1. The highest BCUT2D eigenvalue weighted by Gasteiger charge is 2.22. The Hall–Kier alpha value is -1.09. The molecule has 3 heteroatoms. The summed E-state index contributed by atoms with van der Waals surface area (Å²) >= 11 is 0. The summed E-state index contributed by atoms with van der Waals surface area (Å²) in [5.41, 5.74) is 2.08. The molecule has 1 N–H and O–H groups in total. The number of piperidine rings is 1. The lowest BCUT2D eigenvalue weighted by Crippen LogP contribution is -2.38. The fourth-order valence-corrected chi connectivity index (χ4v) is 3.20. The molecule has 1 aromatic rings. The molecular weight excluding hydrogens is 251 g/mol. The minimum absolute atomic E-state index is 0.123. The highest BCUT2D eigenvalue weighted by atomic mass is 19.1. The van der Waals surface area contributed by atoms with E-state index in [1.807, 2.05) is 0 Å². The van der Waals surface area contributed by atoms with Gasteiger partial charge in [-0.05, 0) is 55.0 Å². The first kappa shape index (κ1) is 15.3. The van der Waals surface area contributed by atoms with Crippen molar-refractivity contribution in [3.63, 3.8) is 0 Å². The van der Waals surface area contributed by atoms with E-state index in [1.165, 1.54) is 6.42 Å². The fourth-order valence-electron chi connectivity index (χ4n) is 3.20. The lowest BCUT2D eigenvalue weighted by molar-refractivity contribution is 0.356. The maximum absolute atomic E-state index is 13.8. The Morgan fingerprint density at radius 2 is 1.90 bits per heavy atom. The van der Waals surface area contributed by atoms with E-state index in [1.54, 1.807) is 12.1 Å². The van der Waals surface area contributed by atoms with Crippen molar-refractivity contribution < 1.29 is 4.39 Å². The van der Waals surface area contributed by atoms with Crippen LogP contribution in [0.4, 0.5) is 10.1 Å². The first-order chi connectivity index (χ1) is 9.58. The fraction of sp³-hybridized carbons (Fsp3) is 0.647. The molecule has 1 heterocycles. The summed E-state index contributed by atoms with van der Waals surface area (Å²) in [6.45, 7) is 10.5. The van der Waals surface area contributed by atoms with Crippen molar-refractivity contribution in [1.29, 1.82) is 0 Å². The van der Waals surface area contributed by atoms with Gasteiger partial charge in [0.15, 0.2) is 0 Å². The van der Waals surface area contributed by atoms with E-state index in [9.17, 15) is 4.39 Å². The Morgan fingerprint density at radius 1 is 1.20 bits per heavy atom. The van der Waals surface area contributed by atoms with Gasteiger partial charge in [0.2, 0.25) is 0 Å². The molecule has 20 heavy (non-hydrogen) atoms. The van der Waals surface area contributed by atoms with E-state index in [0.717, 1.165) is 43.9 Å². The molecule has 112 valence electrons. The number of halogens is 1. The zero-order valence-electron chi connectivity index (χ0n) is 13.0. The molecule has 2 atom stereocenters. The Labute approximate surface area is 122 Å². The third-order valence-corrected chi connectivity index (χ3v) is 3.93. The van der Waals surface area contributed by atoms with Crippen LogP contribution >= 0.6 is 0 Å². The molecule has 2 nitrogen and oxygen atoms in total. The second-order valence-corrected chi connectivity index (χ2v) is 6.35. The molecular formula is C17H27FN2. The van der Waals surface area contributed by atoms with Crippen LogP contribution in [-0.2, 0) is 6.54 Å². The van der Waals surface area contributed by atoms with Crippen LogP contribution in [0.15, 0.2) is 18.2 Å². The van der Waals surface area contributed by atoms with Gasteiger partial charge in [-0.25, -0.2) is 4.39 Å². The highest BCUT2D eigenvalue weighted by Crippen LogP contribution is 2.27. The van der Waals surface area contributed by atoms with Crippen LogP contribution in [0, 0.1) is 17.7 Å². The van der Waals surface area contributed by atoms with Crippen LogP contribution in [0.1, 0.15) is 39.2 Å². The summed E-state index contributed by atoms with van der Waals surface area (Å²) in [4.78, 5) is 2.34. The van der Waals surface area contributed by atoms with Crippen LogP contribution in [-0.4, -0.2) is 19.6 Å². The maximum atomic E-state index is 13.8. The van der Waals surface area contributed by atoms with E-state index in [0.29, 0.717) is 11.8 Å². The summed E-state index contributed by atoms with van der Waals surface area (Å²) in [5, 5.41) is 3.34. The molecule has 2 unspecified atom stereocenters. The first-order valence-electron chi connectivity index (χ1n) is 7.83. The van der Waals surface area contributed by atoms with Crippen LogP contribution < -0.4 is 10.2 Å². The molecule has 0 bridgehead atoms. The second kappa shape index (κ2) is 7.07. The quantitative estimate of drug-likeness (QED) is 0.824. The zero-order valence-corrected chi connectivity index (χ0v) is 13.0. The predicted octanol–water partition coefficient (Wildman–Crippen LogP) is 3.81. The average molecular weight is 278 g/mol. The molecule has 1 fully saturated rings. The number of nitrogens with one attached hydrogen (secondary N) is 1. The van der Waals surface area contributed by atoms with Gasteiger partial charge in [-0.15, -0.1) is 0 Å². The van der Waals surface area contributed by atoms with Crippen molar-refractivity contribution in [3.8, 4) is 0 Å². The Bertz CT molecular complexity index is 423. The molecule has 1 saturated heterocycles. The molecule has 0 aliphatic carbocycles. The summed E-state index contributed by atoms with van der Waals surface area (Å²) in [6.07, 6.45) is 2.38. The van der Waals surface area contributed by atoms with Crippen molar-refractivity contribution in [2.24, 2.45) is 11.8 Å². The number of nitrogens with zero attached hydrogens (tertiary/aromatic N) is 1. The summed E-state index contributed by atoms with van der Waals surface area (Å²) in [5.74, 6) is 1.24.